The third kappa shape index (κ3) is 3.16. The maximum atomic E-state index is 13.7. The van der Waals surface area contributed by atoms with Crippen molar-refractivity contribution >= 4 is 33.4 Å². The Balaban J connectivity index is 2.23. The monoisotopic (exact) mass is 356 g/mol. The van der Waals surface area contributed by atoms with Crippen LogP contribution < -0.4 is 0 Å². The van der Waals surface area contributed by atoms with Crippen LogP contribution in [0.25, 0.3) is 0 Å². The van der Waals surface area contributed by atoms with Crippen LogP contribution in [0.5, 0.6) is 0 Å². The summed E-state index contributed by atoms with van der Waals surface area (Å²) in [5, 5.41) is 0.301. The lowest BCUT2D eigenvalue weighted by atomic mass is 10.2. The van der Waals surface area contributed by atoms with Gasteiger partial charge in [0.25, 0.3) is 5.91 Å². The lowest BCUT2D eigenvalue weighted by Crippen LogP contribution is -2.27. The molecule has 2 rings (SSSR count). The molecule has 0 N–H and O–H groups in total. The SMILES string of the molecule is CN(Cc1c(F)cccc1Cl)C(=O)c1cccnc1Br. The molecule has 0 radical (unpaired) electrons. The first-order valence-electron chi connectivity index (χ1n) is 5.79. The first-order chi connectivity index (χ1) is 9.50. The molecule has 0 spiro atoms. The van der Waals surface area contributed by atoms with Crippen LogP contribution in [0.3, 0.4) is 0 Å². The molecule has 104 valence electrons. The molecule has 0 aliphatic carbocycles. The minimum Gasteiger partial charge on any atom is -0.337 e. The summed E-state index contributed by atoms with van der Waals surface area (Å²) in [7, 11) is 1.59. The molecule has 1 aromatic heterocycles. The van der Waals surface area contributed by atoms with E-state index in [1.54, 1.807) is 31.4 Å². The van der Waals surface area contributed by atoms with Gasteiger partial charge in [-0.15, -0.1) is 0 Å². The molecule has 1 aromatic carbocycles. The Labute approximate surface area is 129 Å². The quantitative estimate of drug-likeness (QED) is 0.780. The molecule has 0 saturated heterocycles. The van der Waals surface area contributed by atoms with Crippen molar-refractivity contribution in [2.24, 2.45) is 0 Å². The van der Waals surface area contributed by atoms with E-state index in [1.165, 1.54) is 17.0 Å². The fourth-order valence-electron chi connectivity index (χ4n) is 1.74. The number of halogens is 3. The highest BCUT2D eigenvalue weighted by Gasteiger charge is 2.18. The Bertz CT molecular complexity index is 631. The van der Waals surface area contributed by atoms with Crippen molar-refractivity contribution in [2.45, 2.75) is 6.54 Å². The average molecular weight is 358 g/mol. The summed E-state index contributed by atoms with van der Waals surface area (Å²) in [6.07, 6.45) is 1.58. The number of carbonyl (C=O) groups excluding carboxylic acids is 1. The number of hydrogen-bond acceptors (Lipinski definition) is 2. The van der Waals surface area contributed by atoms with Gasteiger partial charge in [-0.25, -0.2) is 9.37 Å². The normalized spacial score (nSPS) is 10.4. The zero-order valence-corrected chi connectivity index (χ0v) is 12.9. The van der Waals surface area contributed by atoms with E-state index in [1.807, 2.05) is 0 Å². The van der Waals surface area contributed by atoms with Crippen LogP contribution in [0.15, 0.2) is 41.1 Å². The summed E-state index contributed by atoms with van der Waals surface area (Å²) in [4.78, 5) is 17.7. The van der Waals surface area contributed by atoms with Gasteiger partial charge >= 0.3 is 0 Å². The molecule has 0 fully saturated rings. The predicted molar refractivity (Wildman–Crippen MR) is 79.1 cm³/mol. The van der Waals surface area contributed by atoms with E-state index in [2.05, 4.69) is 20.9 Å². The summed E-state index contributed by atoms with van der Waals surface area (Å²) in [6, 6.07) is 7.76. The molecule has 0 atom stereocenters. The van der Waals surface area contributed by atoms with E-state index in [4.69, 9.17) is 11.6 Å². The molecule has 3 nitrogen and oxygen atoms in total. The van der Waals surface area contributed by atoms with Crippen LogP contribution in [0.1, 0.15) is 15.9 Å². The van der Waals surface area contributed by atoms with Gasteiger partial charge in [0.15, 0.2) is 0 Å². The highest BCUT2D eigenvalue weighted by Crippen LogP contribution is 2.22. The Morgan fingerprint density at radius 3 is 2.80 bits per heavy atom. The van der Waals surface area contributed by atoms with Gasteiger partial charge in [0.1, 0.15) is 10.4 Å². The molecular weight excluding hydrogens is 347 g/mol. The molecule has 2 aromatic rings. The van der Waals surface area contributed by atoms with Gasteiger partial charge in [-0.3, -0.25) is 4.79 Å². The molecule has 20 heavy (non-hydrogen) atoms. The van der Waals surface area contributed by atoms with E-state index in [-0.39, 0.29) is 12.5 Å². The summed E-state index contributed by atoms with van der Waals surface area (Å²) in [6.45, 7) is 0.0890. The molecule has 0 bridgehead atoms. The first kappa shape index (κ1) is 14.9. The highest BCUT2D eigenvalue weighted by atomic mass is 79.9. The van der Waals surface area contributed by atoms with Crippen LogP contribution in [-0.4, -0.2) is 22.8 Å². The largest absolute Gasteiger partial charge is 0.337 e. The maximum absolute atomic E-state index is 13.7. The van der Waals surface area contributed by atoms with Crippen molar-refractivity contribution in [2.75, 3.05) is 7.05 Å². The number of rotatable bonds is 3. The van der Waals surface area contributed by atoms with Crippen LogP contribution in [0.4, 0.5) is 4.39 Å². The average Bonchev–Trinajstić information content (AvgIpc) is 2.42. The van der Waals surface area contributed by atoms with Gasteiger partial charge in [-0.1, -0.05) is 17.7 Å². The van der Waals surface area contributed by atoms with Gasteiger partial charge < -0.3 is 4.90 Å². The summed E-state index contributed by atoms with van der Waals surface area (Å²) < 4.78 is 14.2. The van der Waals surface area contributed by atoms with Gasteiger partial charge in [-0.05, 0) is 40.2 Å². The minimum atomic E-state index is -0.428. The van der Waals surface area contributed by atoms with Crippen LogP contribution in [0, 0.1) is 5.82 Å². The lowest BCUT2D eigenvalue weighted by molar-refractivity contribution is 0.0782. The maximum Gasteiger partial charge on any atom is 0.256 e. The van der Waals surface area contributed by atoms with Gasteiger partial charge in [-0.2, -0.15) is 0 Å². The van der Waals surface area contributed by atoms with Crippen molar-refractivity contribution in [1.29, 1.82) is 0 Å². The third-order valence-electron chi connectivity index (χ3n) is 2.79. The molecule has 0 aliphatic rings. The number of benzene rings is 1. The van der Waals surface area contributed by atoms with Gasteiger partial charge in [0.2, 0.25) is 0 Å². The zero-order valence-electron chi connectivity index (χ0n) is 10.6. The van der Waals surface area contributed by atoms with Crippen LogP contribution in [-0.2, 0) is 6.54 Å². The number of hydrogen-bond donors (Lipinski definition) is 0. The fraction of sp³-hybridized carbons (Fsp3) is 0.143. The molecule has 0 unspecified atom stereocenters. The topological polar surface area (TPSA) is 33.2 Å². The number of aromatic nitrogens is 1. The van der Waals surface area contributed by atoms with Crippen molar-refractivity contribution in [3.63, 3.8) is 0 Å². The van der Waals surface area contributed by atoms with Crippen molar-refractivity contribution in [3.8, 4) is 0 Å². The van der Waals surface area contributed by atoms with E-state index < -0.39 is 5.82 Å². The smallest absolute Gasteiger partial charge is 0.256 e. The highest BCUT2D eigenvalue weighted by molar-refractivity contribution is 9.10. The van der Waals surface area contributed by atoms with Crippen molar-refractivity contribution in [1.82, 2.24) is 9.88 Å². The summed E-state index contributed by atoms with van der Waals surface area (Å²) >= 11 is 9.18. The Hall–Kier alpha value is -1.46. The fourth-order valence-corrected chi connectivity index (χ4v) is 2.39. The first-order valence-corrected chi connectivity index (χ1v) is 6.96. The number of nitrogens with zero attached hydrogens (tertiary/aromatic N) is 2. The number of amides is 1. The molecule has 1 amide bonds. The standard InChI is InChI=1S/C14H11BrClFN2O/c1-19(8-10-11(16)5-2-6-12(10)17)14(20)9-4-3-7-18-13(9)15/h2-7H,8H2,1H3. The van der Waals surface area contributed by atoms with Crippen molar-refractivity contribution < 1.29 is 9.18 Å². The number of pyridine rings is 1. The second-order valence-electron chi connectivity index (χ2n) is 4.20. The van der Waals surface area contributed by atoms with E-state index in [9.17, 15) is 9.18 Å². The molecule has 1 heterocycles. The van der Waals surface area contributed by atoms with E-state index in [0.29, 0.717) is 20.8 Å². The van der Waals surface area contributed by atoms with Gasteiger partial charge in [0, 0.05) is 30.4 Å². The Morgan fingerprint density at radius 2 is 2.15 bits per heavy atom. The van der Waals surface area contributed by atoms with Gasteiger partial charge in [0.05, 0.1) is 5.56 Å². The second-order valence-corrected chi connectivity index (χ2v) is 5.36. The zero-order chi connectivity index (χ0) is 14.7. The Kier molecular flexibility index (Phi) is 4.73. The molecular formula is C14H11BrClFN2O. The van der Waals surface area contributed by atoms with Crippen LogP contribution in [0.2, 0.25) is 5.02 Å². The van der Waals surface area contributed by atoms with E-state index >= 15 is 0 Å². The minimum absolute atomic E-state index is 0.0890. The summed E-state index contributed by atoms with van der Waals surface area (Å²) in [5.74, 6) is -0.688. The molecule has 6 heteroatoms. The predicted octanol–water partition coefficient (Wildman–Crippen LogP) is 3.91. The van der Waals surface area contributed by atoms with Crippen molar-refractivity contribution in [3.05, 3.63) is 63.1 Å². The van der Waals surface area contributed by atoms with Crippen LogP contribution >= 0.6 is 27.5 Å². The Morgan fingerprint density at radius 1 is 1.40 bits per heavy atom. The second kappa shape index (κ2) is 6.33. The molecule has 0 saturated carbocycles. The van der Waals surface area contributed by atoms with E-state index in [0.717, 1.165) is 0 Å². The molecule has 0 aliphatic heterocycles. The third-order valence-corrected chi connectivity index (χ3v) is 3.78. The summed E-state index contributed by atoms with van der Waals surface area (Å²) in [5.41, 5.74) is 0.715. The number of carbonyl (C=O) groups is 1. The lowest BCUT2D eigenvalue weighted by Gasteiger charge is -2.18.